The first kappa shape index (κ1) is 36.5. The highest BCUT2D eigenvalue weighted by Gasteiger charge is 2.46. The summed E-state index contributed by atoms with van der Waals surface area (Å²) in [6.45, 7) is 12.7. The number of hydrazine groups is 1. The maximum Gasteiger partial charge on any atom is 0.411 e. The summed E-state index contributed by atoms with van der Waals surface area (Å²) in [6.07, 6.45) is 1.81. The molecule has 2 aromatic carbocycles. The number of thioether (sulfide) groups is 1. The highest BCUT2D eigenvalue weighted by Crippen LogP contribution is 2.35. The monoisotopic (exact) mass is 665 g/mol. The Morgan fingerprint density at radius 2 is 1.69 bits per heavy atom. The number of carbonyl (C=O) groups excluding carboxylic acids is 2. The van der Waals surface area contributed by atoms with E-state index in [9.17, 15) is 23.2 Å². The molecule has 0 saturated heterocycles. The molecule has 0 aromatic heterocycles. The Balaban J connectivity index is 1.93. The van der Waals surface area contributed by atoms with E-state index in [4.69, 9.17) is 14.2 Å². The normalized spacial score (nSPS) is 14.6. The van der Waals surface area contributed by atoms with Crippen LogP contribution in [0.4, 0.5) is 4.79 Å². The van der Waals surface area contributed by atoms with Crippen LogP contribution in [0.25, 0.3) is 0 Å². The van der Waals surface area contributed by atoms with Crippen LogP contribution in [0, 0.1) is 5.92 Å². The minimum Gasteiger partial charge on any atom is -0.454 e. The fourth-order valence-electron chi connectivity index (χ4n) is 4.95. The molecule has 0 radical (unpaired) electrons. The summed E-state index contributed by atoms with van der Waals surface area (Å²) < 4.78 is 42.2. The topological polar surface area (TPSA) is 126 Å². The van der Waals surface area contributed by atoms with Gasteiger partial charge in [-0.05, 0) is 70.9 Å². The van der Waals surface area contributed by atoms with Gasteiger partial charge in [-0.2, -0.15) is 11.8 Å². The Hall–Kier alpha value is -3.00. The fraction of sp³-hybridized carbons (Fsp3) is 0.562. The summed E-state index contributed by atoms with van der Waals surface area (Å²) >= 11 is 1.42. The van der Waals surface area contributed by atoms with E-state index in [2.05, 4.69) is 0 Å². The molecule has 0 bridgehead atoms. The summed E-state index contributed by atoms with van der Waals surface area (Å²) in [5.41, 5.74) is -0.0446. The van der Waals surface area contributed by atoms with Gasteiger partial charge in [0.1, 0.15) is 11.6 Å². The fourth-order valence-corrected chi connectivity index (χ4v) is 7.01. The molecule has 0 fully saturated rings. The van der Waals surface area contributed by atoms with Crippen molar-refractivity contribution < 1.29 is 37.4 Å². The summed E-state index contributed by atoms with van der Waals surface area (Å²) in [4.78, 5) is 29.6. The smallest absolute Gasteiger partial charge is 0.411 e. The largest absolute Gasteiger partial charge is 0.454 e. The van der Waals surface area contributed by atoms with E-state index < -0.39 is 44.1 Å². The van der Waals surface area contributed by atoms with Crippen LogP contribution in [-0.2, 0) is 25.9 Å². The van der Waals surface area contributed by atoms with E-state index in [1.165, 1.54) is 33.8 Å². The number of sulfone groups is 1. The summed E-state index contributed by atoms with van der Waals surface area (Å²) in [6, 6.07) is 12.6. The van der Waals surface area contributed by atoms with Gasteiger partial charge in [0.05, 0.1) is 17.2 Å². The van der Waals surface area contributed by atoms with E-state index >= 15 is 0 Å². The molecule has 0 unspecified atom stereocenters. The van der Waals surface area contributed by atoms with Gasteiger partial charge < -0.3 is 14.2 Å². The van der Waals surface area contributed by atoms with Crippen molar-refractivity contribution in [3.8, 4) is 11.5 Å². The third-order valence-corrected chi connectivity index (χ3v) is 10.5. The van der Waals surface area contributed by atoms with Gasteiger partial charge in [0.15, 0.2) is 21.3 Å². The van der Waals surface area contributed by atoms with Crippen LogP contribution in [-0.4, -0.2) is 89.0 Å². The number of ether oxygens (including phenoxy) is 3. The highest BCUT2D eigenvalue weighted by molar-refractivity contribution is 8.00. The molecule has 45 heavy (non-hydrogen) atoms. The van der Waals surface area contributed by atoms with Crippen molar-refractivity contribution in [2.24, 2.45) is 5.92 Å². The van der Waals surface area contributed by atoms with Crippen LogP contribution in [0.5, 0.6) is 11.5 Å². The second kappa shape index (κ2) is 15.1. The van der Waals surface area contributed by atoms with Gasteiger partial charge in [0.25, 0.3) is 5.91 Å². The molecule has 11 nitrogen and oxygen atoms in total. The maximum absolute atomic E-state index is 14.6. The molecule has 1 aliphatic heterocycles. The average molecular weight is 666 g/mol. The molecule has 1 aliphatic rings. The molecule has 3 rings (SSSR count). The zero-order valence-corrected chi connectivity index (χ0v) is 29.1. The molecule has 1 heterocycles. The number of hydroxylamine groups is 1. The molecule has 2 atom stereocenters. The highest BCUT2D eigenvalue weighted by atomic mass is 32.2. The molecular formula is C32H47N3O8S2. The Morgan fingerprint density at radius 1 is 1.04 bits per heavy atom. The van der Waals surface area contributed by atoms with Gasteiger partial charge in [0.2, 0.25) is 6.79 Å². The Bertz CT molecular complexity index is 1410. The lowest BCUT2D eigenvalue weighted by atomic mass is 9.99. The van der Waals surface area contributed by atoms with Crippen LogP contribution < -0.4 is 9.47 Å². The third kappa shape index (κ3) is 9.74. The van der Waals surface area contributed by atoms with Crippen molar-refractivity contribution in [1.29, 1.82) is 0 Å². The lowest BCUT2D eigenvalue weighted by Crippen LogP contribution is -2.62. The predicted molar refractivity (Wildman–Crippen MR) is 174 cm³/mol. The minimum absolute atomic E-state index is 0.00690. The number of nitrogens with zero attached hydrogens (tertiary/aromatic N) is 3. The summed E-state index contributed by atoms with van der Waals surface area (Å²) in [5, 5.41) is 13.5. The van der Waals surface area contributed by atoms with Gasteiger partial charge in [-0.3, -0.25) is 14.9 Å². The maximum atomic E-state index is 14.6. The number of hydrogen-bond donors (Lipinski definition) is 1. The molecular weight excluding hydrogens is 618 g/mol. The van der Waals surface area contributed by atoms with E-state index in [0.29, 0.717) is 17.9 Å². The van der Waals surface area contributed by atoms with Crippen LogP contribution in [0.2, 0.25) is 0 Å². The number of rotatable bonds is 14. The van der Waals surface area contributed by atoms with Gasteiger partial charge in [-0.1, -0.05) is 49.4 Å². The third-order valence-electron chi connectivity index (χ3n) is 7.21. The molecule has 1 N–H and O–H groups in total. The van der Waals surface area contributed by atoms with E-state index in [1.54, 1.807) is 33.8 Å². The minimum atomic E-state index is -3.77. The number of benzene rings is 2. The lowest BCUT2D eigenvalue weighted by Gasteiger charge is -2.43. The van der Waals surface area contributed by atoms with Gasteiger partial charge in [-0.25, -0.2) is 18.2 Å². The van der Waals surface area contributed by atoms with Gasteiger partial charge >= 0.3 is 6.09 Å². The van der Waals surface area contributed by atoms with Gasteiger partial charge in [0, 0.05) is 23.9 Å². The zero-order valence-electron chi connectivity index (χ0n) is 27.5. The SMILES string of the molecule is CCCN(C(=O)OC(C)(C)C)[C@@H](C(=O)N(Cc1ccccc1)N(O)C[C@@H](C)CS(=O)(=O)c1ccc2c(c1)OCO2)C(C)(C)SC. The number of hydrogen-bond acceptors (Lipinski definition) is 10. The Labute approximate surface area is 271 Å². The van der Waals surface area contributed by atoms with Gasteiger partial charge in [-0.15, -0.1) is 0 Å². The standard InChI is InChI=1S/C32H47N3O8S2/c1-9-17-33(30(37)43-31(3,4)5)28(32(6,7)44-8)29(36)34(20-24-13-11-10-12-14-24)35(38)19-23(2)21-45(39,40)25-15-16-26-27(18-25)42-22-41-26/h10-16,18,23,28,38H,9,17,19-22H2,1-8H3/t23-,28+/m1/s1. The Kier molecular flexibility index (Phi) is 12.2. The molecule has 2 aromatic rings. The van der Waals surface area contributed by atoms with Crippen molar-refractivity contribution in [2.45, 2.75) is 82.7 Å². The number of carbonyl (C=O) groups is 2. The quantitative estimate of drug-likeness (QED) is 0.254. The van der Waals surface area contributed by atoms with Crippen molar-refractivity contribution in [2.75, 3.05) is 31.9 Å². The molecule has 13 heteroatoms. The molecule has 250 valence electrons. The number of amides is 2. The zero-order chi connectivity index (χ0) is 33.6. The van der Waals surface area contributed by atoms with Crippen molar-refractivity contribution in [3.05, 3.63) is 54.1 Å². The first-order valence-corrected chi connectivity index (χ1v) is 17.9. The van der Waals surface area contributed by atoms with Crippen LogP contribution in [0.1, 0.15) is 60.5 Å². The second-order valence-electron chi connectivity index (χ2n) is 12.7. The predicted octanol–water partition coefficient (Wildman–Crippen LogP) is 5.62. The van der Waals surface area contributed by atoms with Crippen molar-refractivity contribution in [3.63, 3.8) is 0 Å². The lowest BCUT2D eigenvalue weighted by molar-refractivity contribution is -0.251. The van der Waals surface area contributed by atoms with Crippen LogP contribution >= 0.6 is 11.8 Å². The van der Waals surface area contributed by atoms with E-state index in [0.717, 1.165) is 10.7 Å². The van der Waals surface area contributed by atoms with Crippen LogP contribution in [0.15, 0.2) is 53.4 Å². The van der Waals surface area contributed by atoms with E-state index in [-0.39, 0.29) is 37.1 Å². The molecule has 0 aliphatic carbocycles. The van der Waals surface area contributed by atoms with Crippen LogP contribution in [0.3, 0.4) is 0 Å². The van der Waals surface area contributed by atoms with Crippen molar-refractivity contribution >= 4 is 33.6 Å². The van der Waals surface area contributed by atoms with Crippen molar-refractivity contribution in [1.82, 2.24) is 15.1 Å². The average Bonchev–Trinajstić information content (AvgIpc) is 3.43. The molecule has 0 saturated carbocycles. The second-order valence-corrected chi connectivity index (χ2v) is 16.2. The number of fused-ring (bicyclic) bond motifs is 1. The first-order valence-electron chi connectivity index (χ1n) is 15.0. The van der Waals surface area contributed by atoms with E-state index in [1.807, 2.05) is 57.4 Å². The summed E-state index contributed by atoms with van der Waals surface area (Å²) in [5.74, 6) is -0.579. The Morgan fingerprint density at radius 3 is 2.29 bits per heavy atom. The molecule has 0 spiro atoms. The molecule has 2 amide bonds. The summed E-state index contributed by atoms with van der Waals surface area (Å²) in [7, 11) is -3.77. The first-order chi connectivity index (χ1) is 21.0.